The summed E-state index contributed by atoms with van der Waals surface area (Å²) in [5.74, 6) is 4.03. The fraction of sp³-hybridized carbons (Fsp3) is 0.222. The Balaban J connectivity index is 2.93. The fourth-order valence-electron chi connectivity index (χ4n) is 1.44. The molecule has 0 saturated carbocycles. The summed E-state index contributed by atoms with van der Waals surface area (Å²) in [5, 5.41) is 17.8. The molecule has 0 saturated heterocycles. The fourth-order valence-corrected chi connectivity index (χ4v) is 1.82. The lowest BCUT2D eigenvalue weighted by Crippen LogP contribution is -2.32. The summed E-state index contributed by atoms with van der Waals surface area (Å²) in [6.45, 7) is -0.218. The van der Waals surface area contributed by atoms with E-state index in [1.54, 1.807) is 0 Å². The summed E-state index contributed by atoms with van der Waals surface area (Å²) < 4.78 is 21.4. The first-order valence-electron chi connectivity index (χ1n) is 5.29. The molecule has 0 fully saturated rings. The normalized spacial score (nSPS) is 10.9. The Morgan fingerprint density at radius 1 is 1.40 bits per heavy atom. The van der Waals surface area contributed by atoms with E-state index in [1.165, 1.54) is 18.2 Å². The van der Waals surface area contributed by atoms with Crippen molar-refractivity contribution in [1.82, 2.24) is 5.32 Å². The molecule has 20 heavy (non-hydrogen) atoms. The van der Waals surface area contributed by atoms with E-state index in [-0.39, 0.29) is 23.5 Å². The predicted octanol–water partition coefficient (Wildman–Crippen LogP) is -1.10. The number of carbonyl (C=O) groups excluding carboxylic acids is 1. The number of nitrogens with zero attached hydrogens (tertiary/aromatic N) is 1. The maximum atomic E-state index is 11.8. The Bertz CT molecular complexity index is 630. The highest BCUT2D eigenvalue weighted by Gasteiger charge is 2.20. The average Bonchev–Trinajstić information content (AvgIpc) is 2.35. The summed E-state index contributed by atoms with van der Waals surface area (Å²) >= 11 is 0. The predicted molar refractivity (Wildman–Crippen MR) is 71.2 cm³/mol. The van der Waals surface area contributed by atoms with E-state index in [4.69, 9.17) is 11.0 Å². The van der Waals surface area contributed by atoms with Gasteiger partial charge in [-0.2, -0.15) is 0 Å². The molecule has 0 atom stereocenters. The number of primary sulfonamides is 1. The number of hydrogen-bond donors (Lipinski definition) is 4. The van der Waals surface area contributed by atoms with Crippen LogP contribution in [0.2, 0.25) is 0 Å². The minimum absolute atomic E-state index is 0.0730. The second kappa shape index (κ2) is 6.27. The Kier molecular flexibility index (Phi) is 4.96. The van der Waals surface area contributed by atoms with Crippen molar-refractivity contribution < 1.29 is 18.1 Å². The summed E-state index contributed by atoms with van der Waals surface area (Å²) in [6.07, 6.45) is 0. The SMILES string of the molecule is NNc1c(C(=O)NCCS(N)(=O)=O)cccc1[N+](=O)[O-]. The van der Waals surface area contributed by atoms with Gasteiger partial charge in [-0.25, -0.2) is 13.6 Å². The largest absolute Gasteiger partial charge is 0.351 e. The van der Waals surface area contributed by atoms with E-state index in [9.17, 15) is 23.3 Å². The number of nitro benzene ring substituents is 1. The lowest BCUT2D eigenvalue weighted by Gasteiger charge is -2.09. The number of anilines is 1. The number of nitrogen functional groups attached to an aromatic ring is 1. The van der Waals surface area contributed by atoms with E-state index in [1.807, 2.05) is 0 Å². The number of sulfonamides is 1. The van der Waals surface area contributed by atoms with Crippen LogP contribution in [-0.2, 0) is 10.0 Å². The molecule has 6 N–H and O–H groups in total. The van der Waals surface area contributed by atoms with Crippen molar-refractivity contribution in [3.8, 4) is 0 Å². The van der Waals surface area contributed by atoms with Crippen molar-refractivity contribution in [3.63, 3.8) is 0 Å². The molecule has 0 unspecified atom stereocenters. The Morgan fingerprint density at radius 2 is 2.05 bits per heavy atom. The molecule has 0 bridgehead atoms. The minimum atomic E-state index is -3.70. The topological polar surface area (TPSA) is 170 Å². The van der Waals surface area contributed by atoms with Gasteiger partial charge in [0.15, 0.2) is 0 Å². The molecule has 0 heterocycles. The van der Waals surface area contributed by atoms with E-state index < -0.39 is 26.6 Å². The van der Waals surface area contributed by atoms with Gasteiger partial charge in [-0.3, -0.25) is 20.8 Å². The molecular formula is C9H13N5O5S. The van der Waals surface area contributed by atoms with E-state index in [0.29, 0.717) is 0 Å². The zero-order chi connectivity index (χ0) is 15.3. The van der Waals surface area contributed by atoms with E-state index in [0.717, 1.165) is 0 Å². The van der Waals surface area contributed by atoms with Crippen LogP contribution in [0.15, 0.2) is 18.2 Å². The van der Waals surface area contributed by atoms with Crippen LogP contribution in [0.5, 0.6) is 0 Å². The van der Waals surface area contributed by atoms with Crippen molar-refractivity contribution in [3.05, 3.63) is 33.9 Å². The van der Waals surface area contributed by atoms with Crippen LogP contribution < -0.4 is 21.7 Å². The Morgan fingerprint density at radius 3 is 2.55 bits per heavy atom. The first-order chi connectivity index (χ1) is 9.26. The smallest absolute Gasteiger partial charge is 0.294 e. The molecule has 0 spiro atoms. The molecule has 0 aliphatic rings. The number of para-hydroxylation sites is 1. The van der Waals surface area contributed by atoms with Crippen molar-refractivity contribution in [2.24, 2.45) is 11.0 Å². The average molecular weight is 303 g/mol. The number of carbonyl (C=O) groups is 1. The number of nitrogens with two attached hydrogens (primary N) is 2. The number of hydrazine groups is 1. The zero-order valence-corrected chi connectivity index (χ0v) is 11.0. The number of nitrogens with one attached hydrogen (secondary N) is 2. The second-order valence-electron chi connectivity index (χ2n) is 3.72. The second-order valence-corrected chi connectivity index (χ2v) is 5.46. The molecule has 110 valence electrons. The molecule has 1 aromatic carbocycles. The first kappa shape index (κ1) is 15.8. The number of hydrogen-bond acceptors (Lipinski definition) is 7. The van der Waals surface area contributed by atoms with Crippen molar-refractivity contribution >= 4 is 27.3 Å². The van der Waals surface area contributed by atoms with Gasteiger partial charge in [-0.1, -0.05) is 6.07 Å². The van der Waals surface area contributed by atoms with Crippen LogP contribution in [0.3, 0.4) is 0 Å². The summed E-state index contributed by atoms with van der Waals surface area (Å²) in [4.78, 5) is 21.9. The van der Waals surface area contributed by atoms with Crippen LogP contribution in [0, 0.1) is 10.1 Å². The van der Waals surface area contributed by atoms with Crippen molar-refractivity contribution in [1.29, 1.82) is 0 Å². The number of rotatable bonds is 6. The Labute approximate surface area is 114 Å². The third-order valence-corrected chi connectivity index (χ3v) is 3.07. The van der Waals surface area contributed by atoms with E-state index >= 15 is 0 Å². The minimum Gasteiger partial charge on any atom is -0.351 e. The molecule has 0 aliphatic heterocycles. The third-order valence-electron chi connectivity index (χ3n) is 2.30. The number of benzene rings is 1. The van der Waals surface area contributed by atoms with Gasteiger partial charge >= 0.3 is 0 Å². The van der Waals surface area contributed by atoms with Gasteiger partial charge in [-0.15, -0.1) is 0 Å². The molecule has 0 radical (unpaired) electrons. The van der Waals surface area contributed by atoms with Crippen molar-refractivity contribution in [2.75, 3.05) is 17.7 Å². The van der Waals surface area contributed by atoms with Gasteiger partial charge < -0.3 is 10.7 Å². The molecule has 1 amide bonds. The van der Waals surface area contributed by atoms with Gasteiger partial charge in [-0.05, 0) is 6.07 Å². The molecule has 0 aliphatic carbocycles. The molecule has 1 aromatic rings. The maximum absolute atomic E-state index is 11.8. The van der Waals surface area contributed by atoms with Gasteiger partial charge in [0, 0.05) is 12.6 Å². The highest BCUT2D eigenvalue weighted by molar-refractivity contribution is 7.89. The molecule has 1 rings (SSSR count). The lowest BCUT2D eigenvalue weighted by molar-refractivity contribution is -0.384. The van der Waals surface area contributed by atoms with Crippen LogP contribution >= 0.6 is 0 Å². The molecule has 10 nitrogen and oxygen atoms in total. The Hall–Kier alpha value is -2.24. The van der Waals surface area contributed by atoms with Gasteiger partial charge in [0.2, 0.25) is 10.0 Å². The molecule has 11 heteroatoms. The highest BCUT2D eigenvalue weighted by Crippen LogP contribution is 2.27. The van der Waals surface area contributed by atoms with Crippen LogP contribution in [0.1, 0.15) is 10.4 Å². The third kappa shape index (κ3) is 4.15. The quantitative estimate of drug-likeness (QED) is 0.293. The maximum Gasteiger partial charge on any atom is 0.294 e. The summed E-state index contributed by atoms with van der Waals surface area (Å²) in [6, 6.07) is 3.80. The first-order valence-corrected chi connectivity index (χ1v) is 7.00. The van der Waals surface area contributed by atoms with E-state index in [2.05, 4.69) is 10.7 Å². The summed E-state index contributed by atoms with van der Waals surface area (Å²) in [5.41, 5.74) is 1.48. The zero-order valence-electron chi connectivity index (χ0n) is 10.2. The van der Waals surface area contributed by atoms with Gasteiger partial charge in [0.25, 0.3) is 11.6 Å². The van der Waals surface area contributed by atoms with Crippen molar-refractivity contribution in [2.45, 2.75) is 0 Å². The van der Waals surface area contributed by atoms with Crippen LogP contribution in [0.25, 0.3) is 0 Å². The number of nitro groups is 1. The van der Waals surface area contributed by atoms with Crippen LogP contribution in [0.4, 0.5) is 11.4 Å². The molecular weight excluding hydrogens is 290 g/mol. The monoisotopic (exact) mass is 303 g/mol. The van der Waals surface area contributed by atoms with Crippen LogP contribution in [-0.4, -0.2) is 31.5 Å². The van der Waals surface area contributed by atoms with Gasteiger partial charge in [0.1, 0.15) is 5.69 Å². The standard InChI is InChI=1S/C9H13N5O5S/c10-13-8-6(2-1-3-7(8)14(16)17)9(15)12-4-5-20(11,18)19/h1-3,13H,4-5,10H2,(H,12,15)(H2,11,18,19). The highest BCUT2D eigenvalue weighted by atomic mass is 32.2. The van der Waals surface area contributed by atoms with Gasteiger partial charge in [0.05, 0.1) is 16.2 Å². The summed E-state index contributed by atoms with van der Waals surface area (Å²) in [7, 11) is -3.70. The molecule has 0 aromatic heterocycles. The number of amides is 1. The lowest BCUT2D eigenvalue weighted by atomic mass is 10.1.